The number of nitrogens with zero attached hydrogens (tertiary/aromatic N) is 4. The SMILES string of the molecule is C=CN(/N=C\C)c1ccc(C(=O)C(=O)N2CCN(C(=C3CC3)c3ccccc3)C[C@H]2C)cc1Cl. The van der Waals surface area contributed by atoms with Crippen molar-refractivity contribution >= 4 is 40.9 Å². The van der Waals surface area contributed by atoms with Crippen LogP contribution in [0.3, 0.4) is 0 Å². The minimum atomic E-state index is -0.554. The molecule has 2 aromatic carbocycles. The predicted octanol–water partition coefficient (Wildman–Crippen LogP) is 5.22. The molecule has 2 aromatic rings. The van der Waals surface area contributed by atoms with E-state index in [2.05, 4.69) is 40.8 Å². The molecule has 2 fully saturated rings. The van der Waals surface area contributed by atoms with E-state index in [0.717, 1.165) is 12.8 Å². The van der Waals surface area contributed by atoms with Gasteiger partial charge in [-0.05, 0) is 56.0 Å². The van der Waals surface area contributed by atoms with Crippen molar-refractivity contribution in [2.75, 3.05) is 24.6 Å². The van der Waals surface area contributed by atoms with Crippen molar-refractivity contribution in [2.24, 2.45) is 5.10 Å². The molecule has 4 rings (SSSR count). The maximum absolute atomic E-state index is 13.1. The van der Waals surface area contributed by atoms with E-state index < -0.39 is 11.7 Å². The molecule has 0 unspecified atom stereocenters. The molecule has 7 heteroatoms. The van der Waals surface area contributed by atoms with Crippen LogP contribution in [0.2, 0.25) is 5.02 Å². The number of hydrogen-bond donors (Lipinski definition) is 0. The topological polar surface area (TPSA) is 56.2 Å². The second-order valence-electron chi connectivity index (χ2n) is 8.51. The lowest BCUT2D eigenvalue weighted by molar-refractivity contribution is -0.130. The first kappa shape index (κ1) is 23.8. The lowest BCUT2D eigenvalue weighted by Crippen LogP contribution is -2.55. The van der Waals surface area contributed by atoms with Crippen molar-refractivity contribution in [3.63, 3.8) is 0 Å². The zero-order chi connectivity index (χ0) is 24.2. The molecule has 1 saturated heterocycles. The fourth-order valence-electron chi connectivity index (χ4n) is 4.39. The summed E-state index contributed by atoms with van der Waals surface area (Å²) >= 11 is 6.40. The summed E-state index contributed by atoms with van der Waals surface area (Å²) in [7, 11) is 0. The summed E-state index contributed by atoms with van der Waals surface area (Å²) in [6.45, 7) is 9.39. The van der Waals surface area contributed by atoms with Crippen molar-refractivity contribution in [1.29, 1.82) is 0 Å². The number of rotatable bonds is 7. The van der Waals surface area contributed by atoms with E-state index in [-0.39, 0.29) is 11.6 Å². The van der Waals surface area contributed by atoms with Crippen LogP contribution in [0.5, 0.6) is 0 Å². The molecule has 0 spiro atoms. The summed E-state index contributed by atoms with van der Waals surface area (Å²) in [6.07, 6.45) is 5.39. The molecule has 1 heterocycles. The van der Waals surface area contributed by atoms with Gasteiger partial charge in [0.25, 0.3) is 5.91 Å². The van der Waals surface area contributed by atoms with Crippen LogP contribution in [-0.2, 0) is 4.79 Å². The molecule has 176 valence electrons. The second kappa shape index (κ2) is 10.3. The summed E-state index contributed by atoms with van der Waals surface area (Å²) in [5.41, 5.74) is 4.82. The van der Waals surface area contributed by atoms with E-state index in [9.17, 15) is 9.59 Å². The largest absolute Gasteiger partial charge is 0.367 e. The van der Waals surface area contributed by atoms with Crippen molar-refractivity contribution in [2.45, 2.75) is 32.7 Å². The van der Waals surface area contributed by atoms with E-state index in [0.29, 0.717) is 30.3 Å². The third-order valence-electron chi connectivity index (χ3n) is 6.15. The first-order valence-electron chi connectivity index (χ1n) is 11.5. The van der Waals surface area contributed by atoms with E-state index >= 15 is 0 Å². The van der Waals surface area contributed by atoms with Gasteiger partial charge < -0.3 is 9.80 Å². The zero-order valence-corrected chi connectivity index (χ0v) is 20.3. The van der Waals surface area contributed by atoms with Gasteiger partial charge in [-0.2, -0.15) is 5.10 Å². The average Bonchev–Trinajstić information content (AvgIpc) is 3.68. The van der Waals surface area contributed by atoms with Gasteiger partial charge in [0.05, 0.1) is 10.7 Å². The standard InChI is InChI=1S/C27H29ClN4O2/c1-4-29-32(5-2)24-14-13-22(17-23(24)28)26(33)27(34)31-16-15-30(18-19(31)3)25(21-11-12-21)20-9-7-6-8-10-20/h4-10,13-14,17,19H,2,11-12,15-16,18H2,1,3H3/b29-4-/t19-/m1/s1. The monoisotopic (exact) mass is 476 g/mol. The summed E-state index contributed by atoms with van der Waals surface area (Å²) in [6, 6.07) is 15.1. The number of anilines is 1. The maximum Gasteiger partial charge on any atom is 0.295 e. The number of hydrazone groups is 1. The molecule has 2 aliphatic rings. The van der Waals surface area contributed by atoms with Crippen LogP contribution in [-0.4, -0.2) is 53.4 Å². The highest BCUT2D eigenvalue weighted by atomic mass is 35.5. The number of piperazine rings is 1. The third-order valence-corrected chi connectivity index (χ3v) is 6.45. The van der Waals surface area contributed by atoms with Gasteiger partial charge in [-0.25, -0.2) is 5.01 Å². The number of hydrogen-bond acceptors (Lipinski definition) is 5. The summed E-state index contributed by atoms with van der Waals surface area (Å²) in [4.78, 5) is 30.2. The average molecular weight is 477 g/mol. The van der Waals surface area contributed by atoms with Gasteiger partial charge in [0.1, 0.15) is 0 Å². The van der Waals surface area contributed by atoms with Crippen LogP contribution in [0.4, 0.5) is 5.69 Å². The Bertz CT molecular complexity index is 1150. The second-order valence-corrected chi connectivity index (χ2v) is 8.92. The van der Waals surface area contributed by atoms with E-state index in [1.54, 1.807) is 30.2 Å². The first-order chi connectivity index (χ1) is 16.4. The Hall–Kier alpha value is -3.38. The number of ketones is 1. The molecule has 1 aliphatic heterocycles. The van der Waals surface area contributed by atoms with E-state index in [1.807, 2.05) is 13.0 Å². The minimum Gasteiger partial charge on any atom is -0.367 e. The van der Waals surface area contributed by atoms with Crippen LogP contribution in [0.1, 0.15) is 42.6 Å². The molecular weight excluding hydrogens is 448 g/mol. The maximum atomic E-state index is 13.1. The zero-order valence-electron chi connectivity index (χ0n) is 19.6. The molecule has 0 radical (unpaired) electrons. The molecule has 1 amide bonds. The normalized spacial score (nSPS) is 17.6. The van der Waals surface area contributed by atoms with Crippen LogP contribution >= 0.6 is 11.6 Å². The Kier molecular flexibility index (Phi) is 7.17. The highest BCUT2D eigenvalue weighted by Crippen LogP contribution is 2.39. The lowest BCUT2D eigenvalue weighted by Gasteiger charge is -2.41. The highest BCUT2D eigenvalue weighted by Gasteiger charge is 2.34. The van der Waals surface area contributed by atoms with Crippen LogP contribution in [0.25, 0.3) is 5.70 Å². The number of Topliss-reactive ketones (excluding diaryl/α,β-unsaturated/α-hetero) is 1. The van der Waals surface area contributed by atoms with Gasteiger partial charge in [-0.3, -0.25) is 9.59 Å². The van der Waals surface area contributed by atoms with E-state index in [4.69, 9.17) is 11.6 Å². The summed E-state index contributed by atoms with van der Waals surface area (Å²) < 4.78 is 0. The van der Waals surface area contributed by atoms with Gasteiger partial charge in [0, 0.05) is 49.4 Å². The Morgan fingerprint density at radius 2 is 1.85 bits per heavy atom. The fraction of sp³-hybridized carbons (Fsp3) is 0.296. The Labute approximate surface area is 205 Å². The van der Waals surface area contributed by atoms with Gasteiger partial charge in [0.15, 0.2) is 0 Å². The molecule has 1 aliphatic carbocycles. The third kappa shape index (κ3) is 4.92. The minimum absolute atomic E-state index is 0.0897. The number of benzene rings is 2. The molecular formula is C27H29ClN4O2. The lowest BCUT2D eigenvalue weighted by atomic mass is 10.0. The Morgan fingerprint density at radius 3 is 2.44 bits per heavy atom. The molecule has 34 heavy (non-hydrogen) atoms. The number of allylic oxidation sites excluding steroid dienone is 1. The van der Waals surface area contributed by atoms with Crippen molar-refractivity contribution in [1.82, 2.24) is 9.80 Å². The fourth-order valence-corrected chi connectivity index (χ4v) is 4.66. The Morgan fingerprint density at radius 1 is 1.12 bits per heavy atom. The highest BCUT2D eigenvalue weighted by molar-refractivity contribution is 6.43. The number of halogens is 1. The molecule has 0 N–H and O–H groups in total. The smallest absolute Gasteiger partial charge is 0.295 e. The molecule has 1 atom stereocenters. The number of amides is 1. The van der Waals surface area contributed by atoms with Crippen LogP contribution < -0.4 is 5.01 Å². The first-order valence-corrected chi connectivity index (χ1v) is 11.9. The molecule has 0 aromatic heterocycles. The van der Waals surface area contributed by atoms with Crippen molar-refractivity contribution in [3.8, 4) is 0 Å². The molecule has 6 nitrogen and oxygen atoms in total. The predicted molar refractivity (Wildman–Crippen MR) is 138 cm³/mol. The summed E-state index contributed by atoms with van der Waals surface area (Å²) in [5, 5.41) is 6.00. The van der Waals surface area contributed by atoms with Crippen molar-refractivity contribution < 1.29 is 9.59 Å². The number of carbonyl (C=O) groups is 2. The van der Waals surface area contributed by atoms with Crippen LogP contribution in [0.15, 0.2) is 72.0 Å². The Balaban J connectivity index is 1.47. The van der Waals surface area contributed by atoms with Gasteiger partial charge in [-0.15, -0.1) is 0 Å². The van der Waals surface area contributed by atoms with Gasteiger partial charge >= 0.3 is 0 Å². The van der Waals surface area contributed by atoms with E-state index in [1.165, 1.54) is 34.1 Å². The quantitative estimate of drug-likeness (QED) is 0.238. The van der Waals surface area contributed by atoms with Crippen LogP contribution in [0, 0.1) is 0 Å². The summed E-state index contributed by atoms with van der Waals surface area (Å²) in [5.74, 6) is -1.05. The van der Waals surface area contributed by atoms with Gasteiger partial charge in [0.2, 0.25) is 5.78 Å². The van der Waals surface area contributed by atoms with Crippen molar-refractivity contribution in [3.05, 3.63) is 83.0 Å². The molecule has 0 bridgehead atoms. The van der Waals surface area contributed by atoms with Gasteiger partial charge in [-0.1, -0.05) is 48.5 Å². The molecule has 1 saturated carbocycles. The number of carbonyl (C=O) groups excluding carboxylic acids is 2.